The summed E-state index contributed by atoms with van der Waals surface area (Å²) in [6.45, 7) is 7.66. The fraction of sp³-hybridized carbons (Fsp3) is 0.571. The van der Waals surface area contributed by atoms with Crippen molar-refractivity contribution in [2.75, 3.05) is 39.9 Å². The van der Waals surface area contributed by atoms with Crippen molar-refractivity contribution >= 4 is 11.3 Å². The fourth-order valence-corrected chi connectivity index (χ4v) is 5.44. The van der Waals surface area contributed by atoms with Crippen molar-refractivity contribution in [3.8, 4) is 0 Å². The monoisotopic (exact) mass is 371 g/mol. The topological polar surface area (TPSA) is 28.6 Å². The first-order valence-corrected chi connectivity index (χ1v) is 10.6. The maximum atomic E-state index is 5.61. The molecule has 2 aromatic heterocycles. The fourth-order valence-electron chi connectivity index (χ4n) is 4.78. The molecule has 140 valence electrons. The highest BCUT2D eigenvalue weighted by molar-refractivity contribution is 7.07. The normalized spacial score (nSPS) is 23.7. The molecule has 4 heterocycles. The van der Waals surface area contributed by atoms with Crippen molar-refractivity contribution in [1.82, 2.24) is 14.8 Å². The van der Waals surface area contributed by atoms with Crippen LogP contribution in [0.15, 0.2) is 41.2 Å². The number of hydrogen-bond acceptors (Lipinski definition) is 5. The number of nitrogens with zero attached hydrogens (tertiary/aromatic N) is 3. The standard InChI is InChI=1S/C21H29N3OS/c1-25-15-19-13-24(14-20-4-2-3-8-22-20)17-21(19)6-9-23(10-7-21)12-18-5-11-26-16-18/h2-5,8,11,16,19H,6-7,9-10,12-15,17H2,1H3/t19-/m0/s1. The van der Waals surface area contributed by atoms with Gasteiger partial charge in [-0.25, -0.2) is 0 Å². The second-order valence-corrected chi connectivity index (χ2v) is 8.69. The lowest BCUT2D eigenvalue weighted by atomic mass is 9.71. The minimum Gasteiger partial charge on any atom is -0.384 e. The zero-order valence-electron chi connectivity index (χ0n) is 15.6. The molecule has 4 rings (SSSR count). The lowest BCUT2D eigenvalue weighted by Crippen LogP contribution is -2.44. The summed E-state index contributed by atoms with van der Waals surface area (Å²) in [7, 11) is 1.85. The summed E-state index contributed by atoms with van der Waals surface area (Å²) in [5, 5.41) is 4.46. The molecule has 2 aromatic rings. The third-order valence-corrected chi connectivity index (χ3v) is 6.93. The summed E-state index contributed by atoms with van der Waals surface area (Å²) in [5.41, 5.74) is 3.05. The number of pyridine rings is 1. The van der Waals surface area contributed by atoms with Crippen molar-refractivity contribution in [3.05, 3.63) is 52.5 Å². The summed E-state index contributed by atoms with van der Waals surface area (Å²) >= 11 is 1.80. The maximum absolute atomic E-state index is 5.61. The van der Waals surface area contributed by atoms with Crippen LogP contribution in [0.1, 0.15) is 24.1 Å². The molecule has 1 spiro atoms. The Morgan fingerprint density at radius 1 is 1.19 bits per heavy atom. The lowest BCUT2D eigenvalue weighted by molar-refractivity contribution is 0.0350. The highest BCUT2D eigenvalue weighted by atomic mass is 32.1. The summed E-state index contributed by atoms with van der Waals surface area (Å²) in [6.07, 6.45) is 4.46. The van der Waals surface area contributed by atoms with Gasteiger partial charge in [0.15, 0.2) is 0 Å². The van der Waals surface area contributed by atoms with Crippen molar-refractivity contribution in [1.29, 1.82) is 0 Å². The predicted molar refractivity (Wildman–Crippen MR) is 106 cm³/mol. The number of thiophene rings is 1. The Balaban J connectivity index is 1.39. The van der Waals surface area contributed by atoms with Crippen LogP contribution in [0.25, 0.3) is 0 Å². The molecular formula is C21H29N3OS. The van der Waals surface area contributed by atoms with Gasteiger partial charge in [0.1, 0.15) is 0 Å². The molecule has 0 bridgehead atoms. The smallest absolute Gasteiger partial charge is 0.0543 e. The molecule has 26 heavy (non-hydrogen) atoms. The van der Waals surface area contributed by atoms with Crippen molar-refractivity contribution in [3.63, 3.8) is 0 Å². The first kappa shape index (κ1) is 18.1. The van der Waals surface area contributed by atoms with Crippen LogP contribution in [0.4, 0.5) is 0 Å². The van der Waals surface area contributed by atoms with Gasteiger partial charge >= 0.3 is 0 Å². The van der Waals surface area contributed by atoms with E-state index in [9.17, 15) is 0 Å². The molecule has 2 aliphatic rings. The van der Waals surface area contributed by atoms with Crippen molar-refractivity contribution < 1.29 is 4.74 Å². The van der Waals surface area contributed by atoms with Gasteiger partial charge in [0, 0.05) is 45.4 Å². The average molecular weight is 372 g/mol. The average Bonchev–Trinajstić information content (AvgIpc) is 3.27. The Morgan fingerprint density at radius 3 is 2.77 bits per heavy atom. The van der Waals surface area contributed by atoms with E-state index in [0.29, 0.717) is 11.3 Å². The van der Waals surface area contributed by atoms with Crippen molar-refractivity contribution in [2.45, 2.75) is 25.9 Å². The van der Waals surface area contributed by atoms with Gasteiger partial charge in [0.05, 0.1) is 12.3 Å². The molecule has 0 amide bonds. The van der Waals surface area contributed by atoms with Gasteiger partial charge in [-0.1, -0.05) is 6.07 Å². The molecule has 1 atom stereocenters. The van der Waals surface area contributed by atoms with E-state index in [-0.39, 0.29) is 0 Å². The van der Waals surface area contributed by atoms with Gasteiger partial charge in [-0.05, 0) is 65.9 Å². The van der Waals surface area contributed by atoms with Crippen LogP contribution >= 0.6 is 11.3 Å². The predicted octanol–water partition coefficient (Wildman–Crippen LogP) is 3.50. The number of piperidine rings is 1. The van der Waals surface area contributed by atoms with Crippen LogP contribution in [0, 0.1) is 11.3 Å². The van der Waals surface area contributed by atoms with E-state index < -0.39 is 0 Å². The van der Waals surface area contributed by atoms with E-state index in [1.165, 1.54) is 43.7 Å². The number of rotatable bonds is 6. The van der Waals surface area contributed by atoms with Gasteiger partial charge in [-0.2, -0.15) is 11.3 Å². The summed E-state index contributed by atoms with van der Waals surface area (Å²) in [6, 6.07) is 8.47. The van der Waals surface area contributed by atoms with E-state index in [0.717, 1.165) is 26.2 Å². The summed E-state index contributed by atoms with van der Waals surface area (Å²) in [4.78, 5) is 9.74. The van der Waals surface area contributed by atoms with E-state index in [2.05, 4.69) is 43.7 Å². The second kappa shape index (κ2) is 8.17. The Morgan fingerprint density at radius 2 is 2.08 bits per heavy atom. The number of likely N-dealkylation sites (tertiary alicyclic amines) is 2. The third-order valence-electron chi connectivity index (χ3n) is 6.20. The molecule has 4 nitrogen and oxygen atoms in total. The van der Waals surface area contributed by atoms with Gasteiger partial charge in [0.2, 0.25) is 0 Å². The number of hydrogen-bond donors (Lipinski definition) is 0. The Labute approximate surface area is 160 Å². The van der Waals surface area contributed by atoms with Crippen LogP contribution in [0.2, 0.25) is 0 Å². The Hall–Kier alpha value is -1.27. The molecule has 2 saturated heterocycles. The SMILES string of the molecule is COC[C@@H]1CN(Cc2ccccn2)CC12CCN(Cc1ccsc1)CC2. The molecule has 0 saturated carbocycles. The minimum atomic E-state index is 0.413. The van der Waals surface area contributed by atoms with Crippen molar-refractivity contribution in [2.24, 2.45) is 11.3 Å². The molecule has 2 fully saturated rings. The zero-order valence-corrected chi connectivity index (χ0v) is 16.5. The van der Waals surface area contributed by atoms with Gasteiger partial charge in [-0.3, -0.25) is 14.8 Å². The largest absolute Gasteiger partial charge is 0.384 e. The highest BCUT2D eigenvalue weighted by Crippen LogP contribution is 2.45. The highest BCUT2D eigenvalue weighted by Gasteiger charge is 2.47. The lowest BCUT2D eigenvalue weighted by Gasteiger charge is -2.42. The molecular weight excluding hydrogens is 342 g/mol. The first-order chi connectivity index (χ1) is 12.8. The Bertz CT molecular complexity index is 668. The molecule has 2 aliphatic heterocycles. The summed E-state index contributed by atoms with van der Waals surface area (Å²) < 4.78 is 5.61. The Kier molecular flexibility index (Phi) is 5.69. The molecule has 0 unspecified atom stereocenters. The number of methoxy groups -OCH3 is 1. The van der Waals surface area contributed by atoms with E-state index in [1.807, 2.05) is 19.4 Å². The number of ether oxygens (including phenoxy) is 1. The molecule has 0 N–H and O–H groups in total. The second-order valence-electron chi connectivity index (χ2n) is 7.91. The zero-order chi connectivity index (χ0) is 17.8. The van der Waals surface area contributed by atoms with Gasteiger partial charge in [0.25, 0.3) is 0 Å². The minimum absolute atomic E-state index is 0.413. The van der Waals surface area contributed by atoms with Gasteiger partial charge in [-0.15, -0.1) is 0 Å². The molecule has 5 heteroatoms. The quantitative estimate of drug-likeness (QED) is 0.777. The molecule has 0 radical (unpaired) electrons. The van der Waals surface area contributed by atoms with E-state index in [1.54, 1.807) is 11.3 Å². The molecule has 0 aliphatic carbocycles. The first-order valence-electron chi connectivity index (χ1n) is 9.62. The van der Waals surface area contributed by atoms with E-state index >= 15 is 0 Å². The van der Waals surface area contributed by atoms with Crippen LogP contribution in [-0.2, 0) is 17.8 Å². The maximum Gasteiger partial charge on any atom is 0.0543 e. The van der Waals surface area contributed by atoms with Gasteiger partial charge < -0.3 is 4.74 Å². The van der Waals surface area contributed by atoms with Crippen LogP contribution in [-0.4, -0.2) is 54.7 Å². The van der Waals surface area contributed by atoms with E-state index in [4.69, 9.17) is 4.74 Å². The van der Waals surface area contributed by atoms with Crippen LogP contribution in [0.3, 0.4) is 0 Å². The third kappa shape index (κ3) is 4.01. The summed E-state index contributed by atoms with van der Waals surface area (Å²) in [5.74, 6) is 0.638. The molecule has 0 aromatic carbocycles. The van der Waals surface area contributed by atoms with Crippen LogP contribution < -0.4 is 0 Å². The number of aromatic nitrogens is 1. The van der Waals surface area contributed by atoms with Crippen LogP contribution in [0.5, 0.6) is 0 Å².